The molecule has 4 N–H and O–H groups in total. The average molecular weight is 353 g/mol. The van der Waals surface area contributed by atoms with Gasteiger partial charge in [0.2, 0.25) is 11.9 Å². The fourth-order valence-corrected chi connectivity index (χ4v) is 1.95. The topological polar surface area (TPSA) is 98.0 Å². The van der Waals surface area contributed by atoms with Crippen LogP contribution in [0.4, 0.5) is 17.6 Å². The second-order valence-electron chi connectivity index (χ2n) is 4.66. The molecular weight excluding hydrogens is 336 g/mol. The third kappa shape index (κ3) is 4.27. The normalized spacial score (nSPS) is 10.6. The van der Waals surface area contributed by atoms with Crippen LogP contribution in [0.15, 0.2) is 22.7 Å². The summed E-state index contributed by atoms with van der Waals surface area (Å²) >= 11 is 3.43. The number of anilines is 3. The van der Waals surface area contributed by atoms with Crippen LogP contribution in [0.3, 0.4) is 0 Å². The fraction of sp³-hybridized carbons (Fsp3) is 0.308. The van der Waals surface area contributed by atoms with E-state index in [2.05, 4.69) is 41.6 Å². The first kappa shape index (κ1) is 15.5. The third-order valence-corrected chi connectivity index (χ3v) is 3.02. The number of aryl methyl sites for hydroxylation is 1. The summed E-state index contributed by atoms with van der Waals surface area (Å²) < 4.78 is 6.44. The van der Waals surface area contributed by atoms with Gasteiger partial charge >= 0.3 is 6.01 Å². The molecule has 0 aliphatic heterocycles. The summed E-state index contributed by atoms with van der Waals surface area (Å²) in [6.07, 6.45) is -0.0431. The number of hydrogen-bond acceptors (Lipinski definition) is 7. The quantitative estimate of drug-likeness (QED) is 0.562. The Labute approximate surface area is 131 Å². The molecule has 21 heavy (non-hydrogen) atoms. The molecule has 2 aromatic rings. The van der Waals surface area contributed by atoms with E-state index in [1.165, 1.54) is 0 Å². The van der Waals surface area contributed by atoms with Crippen molar-refractivity contribution >= 4 is 33.5 Å². The van der Waals surface area contributed by atoms with E-state index in [0.29, 0.717) is 5.95 Å². The van der Waals surface area contributed by atoms with Crippen molar-refractivity contribution in [2.24, 2.45) is 5.84 Å². The van der Waals surface area contributed by atoms with Gasteiger partial charge in [0, 0.05) is 10.2 Å². The number of benzene rings is 1. The highest BCUT2D eigenvalue weighted by Gasteiger charge is 2.10. The van der Waals surface area contributed by atoms with Crippen molar-refractivity contribution in [2.75, 3.05) is 10.7 Å². The number of halogens is 1. The number of nitrogen functional groups attached to an aromatic ring is 1. The summed E-state index contributed by atoms with van der Waals surface area (Å²) in [5.41, 5.74) is 4.35. The first-order chi connectivity index (χ1) is 9.97. The molecule has 8 heteroatoms. The molecule has 2 rings (SSSR count). The van der Waals surface area contributed by atoms with E-state index in [-0.39, 0.29) is 18.1 Å². The summed E-state index contributed by atoms with van der Waals surface area (Å²) in [7, 11) is 0. The lowest BCUT2D eigenvalue weighted by atomic mass is 10.2. The molecule has 0 fully saturated rings. The highest BCUT2D eigenvalue weighted by atomic mass is 79.9. The molecular formula is C13H17BrN6O. The van der Waals surface area contributed by atoms with E-state index < -0.39 is 0 Å². The van der Waals surface area contributed by atoms with Crippen molar-refractivity contribution in [2.45, 2.75) is 26.9 Å². The van der Waals surface area contributed by atoms with Crippen molar-refractivity contribution in [1.82, 2.24) is 15.0 Å². The third-order valence-electron chi connectivity index (χ3n) is 2.53. The summed E-state index contributed by atoms with van der Waals surface area (Å²) in [4.78, 5) is 12.4. The number of hydrogen-bond donors (Lipinski definition) is 3. The van der Waals surface area contributed by atoms with Crippen LogP contribution in [-0.4, -0.2) is 21.1 Å². The molecule has 1 aromatic carbocycles. The zero-order valence-corrected chi connectivity index (χ0v) is 13.6. The Hall–Kier alpha value is -1.93. The van der Waals surface area contributed by atoms with Gasteiger partial charge in [0.05, 0.1) is 6.10 Å². The number of ether oxygens (including phenoxy) is 1. The van der Waals surface area contributed by atoms with Gasteiger partial charge in [-0.05, 0) is 38.5 Å². The number of hydrazine groups is 1. The van der Waals surface area contributed by atoms with Crippen LogP contribution < -0.4 is 21.3 Å². The standard InChI is InChI=1S/C13H17BrN6O/c1-7(2)21-13-18-11(17-12(19-13)20-15)16-10-6-9(14)5-4-8(10)3/h4-7H,15H2,1-3H3,(H2,16,17,18,19,20). The van der Waals surface area contributed by atoms with Crippen LogP contribution in [0.25, 0.3) is 0 Å². The van der Waals surface area contributed by atoms with Gasteiger partial charge < -0.3 is 10.1 Å². The zero-order valence-electron chi connectivity index (χ0n) is 12.0. The Balaban J connectivity index is 2.32. The number of nitrogens with zero attached hydrogens (tertiary/aromatic N) is 3. The van der Waals surface area contributed by atoms with E-state index in [0.717, 1.165) is 15.7 Å². The first-order valence-corrected chi connectivity index (χ1v) is 7.19. The molecule has 1 heterocycles. The van der Waals surface area contributed by atoms with Crippen LogP contribution in [0.5, 0.6) is 6.01 Å². The van der Waals surface area contributed by atoms with Gasteiger partial charge in [0.15, 0.2) is 0 Å². The smallest absolute Gasteiger partial charge is 0.323 e. The van der Waals surface area contributed by atoms with Crippen LogP contribution in [0, 0.1) is 6.92 Å². The molecule has 0 unspecified atom stereocenters. The minimum atomic E-state index is -0.0431. The van der Waals surface area contributed by atoms with Crippen LogP contribution in [0.2, 0.25) is 0 Å². The van der Waals surface area contributed by atoms with Crippen molar-refractivity contribution < 1.29 is 4.74 Å². The van der Waals surface area contributed by atoms with Crippen molar-refractivity contribution in [3.8, 4) is 6.01 Å². The van der Waals surface area contributed by atoms with Crippen molar-refractivity contribution in [1.29, 1.82) is 0 Å². The van der Waals surface area contributed by atoms with Gasteiger partial charge in [0.1, 0.15) is 0 Å². The minimum Gasteiger partial charge on any atom is -0.461 e. The number of rotatable bonds is 5. The summed E-state index contributed by atoms with van der Waals surface area (Å²) in [6.45, 7) is 5.78. The van der Waals surface area contributed by atoms with E-state index in [1.807, 2.05) is 39.0 Å². The van der Waals surface area contributed by atoms with Gasteiger partial charge in [-0.15, -0.1) is 0 Å². The summed E-state index contributed by atoms with van der Waals surface area (Å²) in [5.74, 6) is 5.96. The van der Waals surface area contributed by atoms with Crippen LogP contribution in [0.1, 0.15) is 19.4 Å². The lowest BCUT2D eigenvalue weighted by molar-refractivity contribution is 0.222. The molecule has 112 valence electrons. The maximum atomic E-state index is 5.48. The Morgan fingerprint density at radius 3 is 2.57 bits per heavy atom. The lowest BCUT2D eigenvalue weighted by Crippen LogP contribution is -2.15. The van der Waals surface area contributed by atoms with Gasteiger partial charge in [-0.3, -0.25) is 5.43 Å². The Kier molecular flexibility index (Phi) is 4.92. The summed E-state index contributed by atoms with van der Waals surface area (Å²) in [5, 5.41) is 3.13. The van der Waals surface area contributed by atoms with Crippen molar-refractivity contribution in [3.63, 3.8) is 0 Å². The number of nitrogens with two attached hydrogens (primary N) is 1. The summed E-state index contributed by atoms with van der Waals surface area (Å²) in [6, 6.07) is 6.11. The molecule has 0 spiro atoms. The van der Waals surface area contributed by atoms with E-state index >= 15 is 0 Å². The van der Waals surface area contributed by atoms with Gasteiger partial charge in [-0.25, -0.2) is 5.84 Å². The molecule has 0 saturated heterocycles. The highest BCUT2D eigenvalue weighted by molar-refractivity contribution is 9.10. The van der Waals surface area contributed by atoms with Gasteiger partial charge in [-0.1, -0.05) is 22.0 Å². The predicted octanol–water partition coefficient (Wildman–Crippen LogP) is 2.76. The predicted molar refractivity (Wildman–Crippen MR) is 85.6 cm³/mol. The van der Waals surface area contributed by atoms with Gasteiger partial charge in [0.25, 0.3) is 0 Å². The largest absolute Gasteiger partial charge is 0.461 e. The second kappa shape index (κ2) is 6.68. The minimum absolute atomic E-state index is 0.0431. The second-order valence-corrected chi connectivity index (χ2v) is 5.58. The molecule has 1 aromatic heterocycles. The molecule has 7 nitrogen and oxygen atoms in total. The van der Waals surface area contributed by atoms with Crippen LogP contribution in [-0.2, 0) is 0 Å². The first-order valence-electron chi connectivity index (χ1n) is 6.40. The number of aromatic nitrogens is 3. The molecule has 0 atom stereocenters. The molecule has 0 aliphatic carbocycles. The Morgan fingerprint density at radius 1 is 1.19 bits per heavy atom. The SMILES string of the molecule is Cc1ccc(Br)cc1Nc1nc(NN)nc(OC(C)C)n1. The maximum Gasteiger partial charge on any atom is 0.323 e. The molecule has 0 saturated carbocycles. The van der Waals surface area contributed by atoms with E-state index in [1.54, 1.807) is 0 Å². The Morgan fingerprint density at radius 2 is 1.90 bits per heavy atom. The Bertz CT molecular complexity index is 634. The molecule has 0 amide bonds. The van der Waals surface area contributed by atoms with Crippen LogP contribution >= 0.6 is 15.9 Å². The van der Waals surface area contributed by atoms with E-state index in [4.69, 9.17) is 10.6 Å². The average Bonchev–Trinajstić information content (AvgIpc) is 2.42. The van der Waals surface area contributed by atoms with Crippen molar-refractivity contribution in [3.05, 3.63) is 28.2 Å². The maximum absolute atomic E-state index is 5.48. The monoisotopic (exact) mass is 352 g/mol. The lowest BCUT2D eigenvalue weighted by Gasteiger charge is -2.12. The molecule has 0 radical (unpaired) electrons. The zero-order chi connectivity index (χ0) is 15.4. The molecule has 0 aliphatic rings. The number of nitrogens with one attached hydrogen (secondary N) is 2. The van der Waals surface area contributed by atoms with E-state index in [9.17, 15) is 0 Å². The fourth-order valence-electron chi connectivity index (χ4n) is 1.59. The highest BCUT2D eigenvalue weighted by Crippen LogP contribution is 2.24. The van der Waals surface area contributed by atoms with Gasteiger partial charge in [-0.2, -0.15) is 15.0 Å². The molecule has 0 bridgehead atoms.